The molecule has 0 fully saturated rings. The fourth-order valence-corrected chi connectivity index (χ4v) is 1.51. The van der Waals surface area contributed by atoms with Crippen molar-refractivity contribution in [2.45, 2.75) is 13.0 Å². The minimum Gasteiger partial charge on any atom is -0.375 e. The summed E-state index contributed by atoms with van der Waals surface area (Å²) in [6.45, 7) is 1.94. The number of H-pyrrole nitrogens is 1. The molecule has 2 heterocycles. The van der Waals surface area contributed by atoms with Crippen LogP contribution in [0.1, 0.15) is 29.3 Å². The molecular weight excluding hydrogens is 232 g/mol. The summed E-state index contributed by atoms with van der Waals surface area (Å²) in [7, 11) is 1.57. The summed E-state index contributed by atoms with van der Waals surface area (Å²) in [4.78, 5) is 19.5. The van der Waals surface area contributed by atoms with Crippen LogP contribution in [0.4, 0.5) is 5.69 Å². The Balaban J connectivity index is 2.12. The van der Waals surface area contributed by atoms with Gasteiger partial charge in [-0.25, -0.2) is 4.98 Å². The summed E-state index contributed by atoms with van der Waals surface area (Å²) in [5, 5.41) is 12.3. The molecule has 94 valence electrons. The van der Waals surface area contributed by atoms with Crippen molar-refractivity contribution in [2.75, 3.05) is 12.4 Å². The maximum atomic E-state index is 11.5. The molecule has 3 N–H and O–H groups in total. The van der Waals surface area contributed by atoms with Gasteiger partial charge in [0.05, 0.1) is 6.04 Å². The minimum absolute atomic E-state index is 0.0348. The van der Waals surface area contributed by atoms with Crippen LogP contribution < -0.4 is 10.6 Å². The Morgan fingerprint density at radius 1 is 1.44 bits per heavy atom. The van der Waals surface area contributed by atoms with Crippen LogP contribution in [0.15, 0.2) is 24.7 Å². The molecule has 0 aliphatic heterocycles. The van der Waals surface area contributed by atoms with Crippen LogP contribution in [0.2, 0.25) is 0 Å². The molecule has 1 atom stereocenters. The Kier molecular flexibility index (Phi) is 3.52. The highest BCUT2D eigenvalue weighted by Crippen LogP contribution is 2.15. The lowest BCUT2D eigenvalue weighted by Crippen LogP contribution is -2.19. The first kappa shape index (κ1) is 12.0. The second kappa shape index (κ2) is 5.26. The number of hydrogen-bond acceptors (Lipinski definition) is 5. The predicted molar refractivity (Wildman–Crippen MR) is 66.0 cm³/mol. The number of nitrogens with zero attached hydrogens (tertiary/aromatic N) is 3. The van der Waals surface area contributed by atoms with E-state index in [1.165, 1.54) is 6.33 Å². The molecule has 0 radical (unpaired) electrons. The molecule has 7 heteroatoms. The lowest BCUT2D eigenvalue weighted by atomic mass is 10.2. The van der Waals surface area contributed by atoms with E-state index in [1.54, 1.807) is 25.4 Å². The van der Waals surface area contributed by atoms with Crippen LogP contribution in [0.25, 0.3) is 0 Å². The second-order valence-electron chi connectivity index (χ2n) is 3.75. The lowest BCUT2D eigenvalue weighted by Gasteiger charge is -2.12. The van der Waals surface area contributed by atoms with Crippen LogP contribution in [-0.4, -0.2) is 33.1 Å². The van der Waals surface area contributed by atoms with E-state index in [4.69, 9.17) is 0 Å². The Hall–Kier alpha value is -2.44. The van der Waals surface area contributed by atoms with Gasteiger partial charge in [0.1, 0.15) is 17.8 Å². The van der Waals surface area contributed by atoms with Gasteiger partial charge in [0.15, 0.2) is 0 Å². The van der Waals surface area contributed by atoms with Crippen LogP contribution >= 0.6 is 0 Å². The first-order chi connectivity index (χ1) is 8.70. The van der Waals surface area contributed by atoms with Crippen LogP contribution in [-0.2, 0) is 0 Å². The maximum Gasteiger partial charge on any atom is 0.269 e. The molecule has 0 saturated carbocycles. The molecule has 0 saturated heterocycles. The van der Waals surface area contributed by atoms with Crippen molar-refractivity contribution < 1.29 is 4.79 Å². The zero-order valence-corrected chi connectivity index (χ0v) is 10.1. The van der Waals surface area contributed by atoms with E-state index in [2.05, 4.69) is 30.8 Å². The number of nitrogens with one attached hydrogen (secondary N) is 3. The van der Waals surface area contributed by atoms with E-state index < -0.39 is 0 Å². The van der Waals surface area contributed by atoms with Gasteiger partial charge in [0, 0.05) is 18.9 Å². The minimum atomic E-state index is -0.217. The highest BCUT2D eigenvalue weighted by molar-refractivity contribution is 5.92. The number of aromatic nitrogens is 4. The number of rotatable bonds is 4. The fourth-order valence-electron chi connectivity index (χ4n) is 1.51. The van der Waals surface area contributed by atoms with E-state index in [0.29, 0.717) is 5.69 Å². The van der Waals surface area contributed by atoms with E-state index in [0.717, 1.165) is 11.5 Å². The average Bonchev–Trinajstić information content (AvgIpc) is 2.92. The van der Waals surface area contributed by atoms with Gasteiger partial charge in [-0.2, -0.15) is 5.10 Å². The predicted octanol–water partition coefficient (Wildman–Crippen LogP) is 0.732. The maximum absolute atomic E-state index is 11.5. The Labute approximate surface area is 104 Å². The van der Waals surface area contributed by atoms with Crippen LogP contribution in [0.3, 0.4) is 0 Å². The normalized spacial score (nSPS) is 11.9. The molecule has 1 amide bonds. The van der Waals surface area contributed by atoms with E-state index >= 15 is 0 Å². The quantitative estimate of drug-likeness (QED) is 0.739. The average molecular weight is 246 g/mol. The molecule has 0 aliphatic carbocycles. The molecule has 18 heavy (non-hydrogen) atoms. The smallest absolute Gasteiger partial charge is 0.269 e. The molecule has 0 spiro atoms. The van der Waals surface area contributed by atoms with E-state index in [1.807, 2.05) is 6.92 Å². The van der Waals surface area contributed by atoms with Gasteiger partial charge in [-0.15, -0.1) is 0 Å². The Morgan fingerprint density at radius 3 is 2.94 bits per heavy atom. The number of carbonyl (C=O) groups is 1. The molecule has 0 aromatic carbocycles. The largest absolute Gasteiger partial charge is 0.375 e. The SMILES string of the molecule is CNC(=O)c1cc(NC(C)c2ncn[nH]2)ccn1. The van der Waals surface area contributed by atoms with Gasteiger partial charge in [0.2, 0.25) is 0 Å². The number of carbonyl (C=O) groups excluding carboxylic acids is 1. The van der Waals surface area contributed by atoms with Crippen LogP contribution in [0, 0.1) is 0 Å². The third-order valence-electron chi connectivity index (χ3n) is 2.45. The van der Waals surface area contributed by atoms with Crippen molar-refractivity contribution in [2.24, 2.45) is 0 Å². The second-order valence-corrected chi connectivity index (χ2v) is 3.75. The van der Waals surface area contributed by atoms with Crippen molar-refractivity contribution in [1.29, 1.82) is 0 Å². The number of amides is 1. The summed E-state index contributed by atoms with van der Waals surface area (Å²) in [5.74, 6) is 0.513. The van der Waals surface area contributed by atoms with Crippen LogP contribution in [0.5, 0.6) is 0 Å². The summed E-state index contributed by atoms with van der Waals surface area (Å²) in [6.07, 6.45) is 3.04. The highest BCUT2D eigenvalue weighted by Gasteiger charge is 2.10. The standard InChI is InChI=1S/C11H14N6O/c1-7(10-14-6-15-17-10)16-8-3-4-13-9(5-8)11(18)12-2/h3-7H,1-2H3,(H,12,18)(H,13,16)(H,14,15,17). The number of anilines is 1. The van der Waals surface area contributed by atoms with Crippen molar-refractivity contribution >= 4 is 11.6 Å². The van der Waals surface area contributed by atoms with Crippen molar-refractivity contribution in [3.63, 3.8) is 0 Å². The number of pyridine rings is 1. The topological polar surface area (TPSA) is 95.6 Å². The Morgan fingerprint density at radius 2 is 2.28 bits per heavy atom. The first-order valence-corrected chi connectivity index (χ1v) is 5.50. The zero-order chi connectivity index (χ0) is 13.0. The summed E-state index contributed by atoms with van der Waals surface area (Å²) < 4.78 is 0. The third-order valence-corrected chi connectivity index (χ3v) is 2.45. The lowest BCUT2D eigenvalue weighted by molar-refractivity contribution is 0.0958. The Bertz CT molecular complexity index is 524. The van der Waals surface area contributed by atoms with Crippen molar-refractivity contribution in [3.8, 4) is 0 Å². The molecule has 2 rings (SSSR count). The molecule has 1 unspecified atom stereocenters. The molecular formula is C11H14N6O. The molecule has 2 aromatic heterocycles. The van der Waals surface area contributed by atoms with Gasteiger partial charge < -0.3 is 10.6 Å². The third kappa shape index (κ3) is 2.62. The van der Waals surface area contributed by atoms with Gasteiger partial charge in [-0.3, -0.25) is 14.9 Å². The fraction of sp³-hybridized carbons (Fsp3) is 0.273. The van der Waals surface area contributed by atoms with Gasteiger partial charge in [0.25, 0.3) is 5.91 Å². The van der Waals surface area contributed by atoms with Gasteiger partial charge >= 0.3 is 0 Å². The molecule has 2 aromatic rings. The highest BCUT2D eigenvalue weighted by atomic mass is 16.1. The van der Waals surface area contributed by atoms with E-state index in [9.17, 15) is 4.79 Å². The zero-order valence-electron chi connectivity index (χ0n) is 10.1. The summed E-state index contributed by atoms with van der Waals surface area (Å²) >= 11 is 0. The van der Waals surface area contributed by atoms with E-state index in [-0.39, 0.29) is 11.9 Å². The summed E-state index contributed by atoms with van der Waals surface area (Å²) in [6, 6.07) is 3.44. The molecule has 0 aliphatic rings. The molecule has 7 nitrogen and oxygen atoms in total. The molecule has 0 bridgehead atoms. The monoisotopic (exact) mass is 246 g/mol. The summed E-state index contributed by atoms with van der Waals surface area (Å²) in [5.41, 5.74) is 1.17. The van der Waals surface area contributed by atoms with Crippen molar-refractivity contribution in [1.82, 2.24) is 25.5 Å². The van der Waals surface area contributed by atoms with Gasteiger partial charge in [-0.05, 0) is 19.1 Å². The first-order valence-electron chi connectivity index (χ1n) is 5.50. The number of hydrogen-bond donors (Lipinski definition) is 3. The number of aromatic amines is 1. The van der Waals surface area contributed by atoms with Crippen molar-refractivity contribution in [3.05, 3.63) is 36.2 Å². The van der Waals surface area contributed by atoms with Gasteiger partial charge in [-0.1, -0.05) is 0 Å².